The minimum atomic E-state index is -1.62. The zero-order valence-corrected chi connectivity index (χ0v) is 5.07. The van der Waals surface area contributed by atoms with E-state index >= 15 is 0 Å². The Hall–Kier alpha value is 0.455. The molecule has 0 spiro atoms. The summed E-state index contributed by atoms with van der Waals surface area (Å²) in [4.78, 5) is 8.81. The summed E-state index contributed by atoms with van der Waals surface area (Å²) in [6, 6.07) is 0.438. The van der Waals surface area contributed by atoms with Crippen LogP contribution >= 0.6 is 7.49 Å². The first-order valence-electron chi connectivity index (χ1n) is 1.82. The van der Waals surface area contributed by atoms with Crippen LogP contribution in [-0.2, 0) is 0 Å². The molecule has 2 radical (unpaired) electrons. The molecule has 0 aliphatic rings. The zero-order chi connectivity index (χ0) is 5.21. The molecule has 3 heteroatoms. The second kappa shape index (κ2) is 1.95. The summed E-state index contributed by atoms with van der Waals surface area (Å²) in [6.07, 6.45) is 0. The van der Waals surface area contributed by atoms with Crippen LogP contribution in [0.25, 0.3) is 0 Å². The highest BCUT2D eigenvalue weighted by atomic mass is 31.2. The molecule has 0 saturated heterocycles. The lowest BCUT2D eigenvalue weighted by molar-refractivity contribution is 0.618. The van der Waals surface area contributed by atoms with Gasteiger partial charge in [-0.2, -0.15) is 0 Å². The Morgan fingerprint density at radius 2 is 1.83 bits per heavy atom. The molecule has 0 rings (SSSR count). The molecule has 0 aliphatic heterocycles. The van der Waals surface area contributed by atoms with Gasteiger partial charge in [-0.1, -0.05) is 0 Å². The van der Waals surface area contributed by atoms with Crippen molar-refractivity contribution >= 4 is 15.3 Å². The Balaban J connectivity index is 3.17. The van der Waals surface area contributed by atoms with E-state index in [1.54, 1.807) is 13.3 Å². The van der Waals surface area contributed by atoms with Crippen molar-refractivity contribution in [1.29, 1.82) is 0 Å². The summed E-state index contributed by atoms with van der Waals surface area (Å²) in [7, 11) is 3.49. The van der Waals surface area contributed by atoms with Crippen molar-refractivity contribution in [2.45, 2.75) is 0 Å². The van der Waals surface area contributed by atoms with Gasteiger partial charge in [0.1, 0.15) is 15.3 Å². The molecule has 0 aromatic rings. The van der Waals surface area contributed by atoms with Crippen molar-refractivity contribution in [3.05, 3.63) is 0 Å². The van der Waals surface area contributed by atoms with E-state index in [-0.39, 0.29) is 0 Å². The first-order valence-corrected chi connectivity index (χ1v) is 4.64. The zero-order valence-electron chi connectivity index (χ0n) is 4.18. The monoisotopic (exact) mass is 103 g/mol. The van der Waals surface area contributed by atoms with Crippen LogP contribution in [0.15, 0.2) is 0 Å². The number of rotatable bonds is 1. The minimum Gasteiger partial charge on any atom is -0.253 e. The fraction of sp³-hybridized carbons (Fsp3) is 1.00. The predicted octanol–water partition coefficient (Wildman–Crippen LogP) is 0.297. The van der Waals surface area contributed by atoms with E-state index in [1.165, 1.54) is 0 Å². The maximum Gasteiger partial charge on any atom is 0.126 e. The third-order valence-electron chi connectivity index (χ3n) is 0.447. The van der Waals surface area contributed by atoms with Crippen molar-refractivity contribution in [2.75, 3.05) is 19.4 Å². The molecular weight excluding hydrogens is 93.8 g/mol. The van der Waals surface area contributed by atoms with Crippen LogP contribution in [0.4, 0.5) is 0 Å². The summed E-state index contributed by atoms with van der Waals surface area (Å²) in [5.74, 6) is 0. The van der Waals surface area contributed by atoms with Crippen molar-refractivity contribution in [3.63, 3.8) is 0 Å². The smallest absolute Gasteiger partial charge is 0.126 e. The number of hydrogen-bond acceptors (Lipinski definition) is 1. The molecule has 6 heavy (non-hydrogen) atoms. The molecule has 1 N–H and O–H groups in total. The van der Waals surface area contributed by atoms with Crippen LogP contribution in [0.2, 0.25) is 0 Å². The van der Waals surface area contributed by atoms with Gasteiger partial charge in [-0.15, -0.1) is 0 Å². The van der Waals surface area contributed by atoms with Crippen LogP contribution < -0.4 is 0 Å². The van der Waals surface area contributed by atoms with E-state index in [9.17, 15) is 0 Å². The SMILES string of the molecule is [B]C[P+](C)(C)O. The average molecular weight is 103 g/mol. The molecule has 0 amide bonds. The van der Waals surface area contributed by atoms with Crippen LogP contribution in [0, 0.1) is 0 Å². The molecule has 0 bridgehead atoms. The molecule has 0 fully saturated rings. The Morgan fingerprint density at radius 1 is 1.67 bits per heavy atom. The molecule has 0 aromatic heterocycles. The molecule has 0 aliphatic carbocycles. The van der Waals surface area contributed by atoms with Gasteiger partial charge in [-0.3, -0.25) is 4.89 Å². The topological polar surface area (TPSA) is 20.2 Å². The van der Waals surface area contributed by atoms with E-state index in [0.29, 0.717) is 6.06 Å². The lowest BCUT2D eigenvalue weighted by Gasteiger charge is -2.02. The molecule has 0 atom stereocenters. The third kappa shape index (κ3) is 4.45. The second-order valence-corrected chi connectivity index (χ2v) is 5.41. The largest absolute Gasteiger partial charge is 0.253 e. The fourth-order valence-corrected chi connectivity index (χ4v) is 0. The second-order valence-electron chi connectivity index (χ2n) is 1.80. The standard InChI is InChI=1S/C3H9BOP/c1-6(2,5)3-4/h5H,3H2,1-2H3/q+1. The normalized spacial score (nSPS) is 11.8. The summed E-state index contributed by atoms with van der Waals surface area (Å²) in [5, 5.41) is 0. The van der Waals surface area contributed by atoms with Gasteiger partial charge in [0.05, 0.1) is 13.3 Å². The van der Waals surface area contributed by atoms with Gasteiger partial charge in [-0.25, -0.2) is 0 Å². The third-order valence-corrected chi connectivity index (χ3v) is 1.34. The van der Waals surface area contributed by atoms with Crippen LogP contribution in [0.3, 0.4) is 0 Å². The summed E-state index contributed by atoms with van der Waals surface area (Å²) in [5.41, 5.74) is 0. The lowest BCUT2D eigenvalue weighted by Crippen LogP contribution is -1.90. The highest BCUT2D eigenvalue weighted by molar-refractivity contribution is 7.70. The van der Waals surface area contributed by atoms with Gasteiger partial charge < -0.3 is 0 Å². The van der Waals surface area contributed by atoms with Crippen molar-refractivity contribution < 1.29 is 4.89 Å². The molecule has 34 valence electrons. The Bertz CT molecular complexity index is 40.5. The quantitative estimate of drug-likeness (QED) is 0.373. The van der Waals surface area contributed by atoms with Gasteiger partial charge in [0.15, 0.2) is 0 Å². The maximum absolute atomic E-state index is 8.81. The molecule has 0 unspecified atom stereocenters. The first kappa shape index (κ1) is 6.45. The Labute approximate surface area is 40.6 Å². The van der Waals surface area contributed by atoms with Crippen molar-refractivity contribution in [1.82, 2.24) is 0 Å². The summed E-state index contributed by atoms with van der Waals surface area (Å²) >= 11 is 0. The fourth-order valence-electron chi connectivity index (χ4n) is 0. The van der Waals surface area contributed by atoms with E-state index in [0.717, 1.165) is 0 Å². The first-order chi connectivity index (χ1) is 2.56. The van der Waals surface area contributed by atoms with Gasteiger partial charge in [0, 0.05) is 6.06 Å². The maximum atomic E-state index is 8.81. The van der Waals surface area contributed by atoms with E-state index in [2.05, 4.69) is 0 Å². The van der Waals surface area contributed by atoms with E-state index in [1.807, 2.05) is 0 Å². The highest BCUT2D eigenvalue weighted by Crippen LogP contribution is 2.43. The van der Waals surface area contributed by atoms with E-state index < -0.39 is 7.49 Å². The van der Waals surface area contributed by atoms with E-state index in [4.69, 9.17) is 12.7 Å². The highest BCUT2D eigenvalue weighted by Gasteiger charge is 2.14. The Morgan fingerprint density at radius 3 is 1.83 bits per heavy atom. The summed E-state index contributed by atoms with van der Waals surface area (Å²) in [6.45, 7) is 3.57. The molecular formula is C3H9BOP+. The molecule has 0 heterocycles. The summed E-state index contributed by atoms with van der Waals surface area (Å²) < 4.78 is 0. The van der Waals surface area contributed by atoms with Crippen molar-refractivity contribution in [2.24, 2.45) is 0 Å². The van der Waals surface area contributed by atoms with Gasteiger partial charge in [0.2, 0.25) is 0 Å². The predicted molar refractivity (Wildman–Crippen MR) is 31.6 cm³/mol. The molecule has 0 saturated carbocycles. The minimum absolute atomic E-state index is 0.438. The molecule has 0 aromatic carbocycles. The Kier molecular flexibility index (Phi) is 2.10. The van der Waals surface area contributed by atoms with Crippen LogP contribution in [-0.4, -0.2) is 32.1 Å². The lowest BCUT2D eigenvalue weighted by atomic mass is 10.2. The van der Waals surface area contributed by atoms with Gasteiger partial charge >= 0.3 is 0 Å². The van der Waals surface area contributed by atoms with Crippen LogP contribution in [0.1, 0.15) is 0 Å². The van der Waals surface area contributed by atoms with Gasteiger partial charge in [0.25, 0.3) is 0 Å². The number of hydrogen-bond donors (Lipinski definition) is 1. The molecule has 1 nitrogen and oxygen atoms in total. The van der Waals surface area contributed by atoms with Crippen LogP contribution in [0.5, 0.6) is 0 Å². The van der Waals surface area contributed by atoms with Gasteiger partial charge in [-0.05, 0) is 0 Å². The average Bonchev–Trinajstić information content (AvgIpc) is 1.35. The van der Waals surface area contributed by atoms with Crippen molar-refractivity contribution in [3.8, 4) is 0 Å².